The van der Waals surface area contributed by atoms with Crippen LogP contribution in [0.4, 0.5) is 0 Å². The van der Waals surface area contributed by atoms with Gasteiger partial charge in [-0.1, -0.05) is 19.1 Å². The summed E-state index contributed by atoms with van der Waals surface area (Å²) in [4.78, 5) is 28.5. The topological polar surface area (TPSA) is 53.8 Å². The number of benzene rings is 1. The molecule has 1 aromatic heterocycles. The molecule has 24 heavy (non-hydrogen) atoms. The van der Waals surface area contributed by atoms with E-state index >= 15 is 0 Å². The molecule has 1 aromatic carbocycles. The number of carbonyl (C=O) groups is 2. The summed E-state index contributed by atoms with van der Waals surface area (Å²) in [6, 6.07) is 11.2. The number of piperazine rings is 1. The van der Waals surface area contributed by atoms with Crippen molar-refractivity contribution in [3.05, 3.63) is 59.0 Å². The second kappa shape index (κ2) is 6.91. The predicted octanol–water partition coefficient (Wildman–Crippen LogP) is 2.75. The smallest absolute Gasteiger partial charge is 0.289 e. The second-order valence-corrected chi connectivity index (χ2v) is 6.05. The summed E-state index contributed by atoms with van der Waals surface area (Å²) in [7, 11) is 0. The molecule has 1 aliphatic rings. The third-order valence-corrected chi connectivity index (χ3v) is 4.41. The molecule has 0 saturated carbocycles. The monoisotopic (exact) mass is 326 g/mol. The highest BCUT2D eigenvalue weighted by Gasteiger charge is 2.26. The highest BCUT2D eigenvalue weighted by Crippen LogP contribution is 2.14. The lowest BCUT2D eigenvalue weighted by molar-refractivity contribution is 0.0517. The molecule has 0 N–H and O–H groups in total. The molecule has 0 unspecified atom stereocenters. The highest BCUT2D eigenvalue weighted by molar-refractivity contribution is 5.95. The van der Waals surface area contributed by atoms with Gasteiger partial charge in [-0.3, -0.25) is 9.59 Å². The first-order valence-corrected chi connectivity index (χ1v) is 8.32. The molecular formula is C19H22N2O3. The van der Waals surface area contributed by atoms with Crippen molar-refractivity contribution in [2.24, 2.45) is 0 Å². The van der Waals surface area contributed by atoms with Crippen molar-refractivity contribution in [1.29, 1.82) is 0 Å². The van der Waals surface area contributed by atoms with E-state index in [4.69, 9.17) is 4.42 Å². The Hall–Kier alpha value is -2.56. The van der Waals surface area contributed by atoms with E-state index in [1.54, 1.807) is 21.9 Å². The van der Waals surface area contributed by atoms with Gasteiger partial charge in [0.25, 0.3) is 11.8 Å². The average molecular weight is 326 g/mol. The standard InChI is InChI=1S/C19H22N2O3/c1-3-15-5-7-16(8-6-15)18(22)20-10-12-21(13-11-20)19(23)17-9-4-14(2)24-17/h4-9H,3,10-13H2,1-2H3. The maximum absolute atomic E-state index is 12.6. The van der Waals surface area contributed by atoms with E-state index in [1.807, 2.05) is 31.2 Å². The minimum absolute atomic E-state index is 0.0265. The summed E-state index contributed by atoms with van der Waals surface area (Å²) >= 11 is 0. The summed E-state index contributed by atoms with van der Waals surface area (Å²) in [6.07, 6.45) is 0.960. The van der Waals surface area contributed by atoms with Crippen molar-refractivity contribution in [2.75, 3.05) is 26.2 Å². The van der Waals surface area contributed by atoms with Crippen LogP contribution in [0.3, 0.4) is 0 Å². The minimum atomic E-state index is -0.109. The normalized spacial score (nSPS) is 14.8. The van der Waals surface area contributed by atoms with Crippen LogP contribution in [-0.2, 0) is 6.42 Å². The van der Waals surface area contributed by atoms with Gasteiger partial charge in [0.05, 0.1) is 0 Å². The Morgan fingerprint density at radius 3 is 2.00 bits per heavy atom. The van der Waals surface area contributed by atoms with Crippen molar-refractivity contribution < 1.29 is 14.0 Å². The Labute approximate surface area is 141 Å². The van der Waals surface area contributed by atoms with Gasteiger partial charge in [-0.25, -0.2) is 0 Å². The maximum Gasteiger partial charge on any atom is 0.289 e. The third-order valence-electron chi connectivity index (χ3n) is 4.41. The van der Waals surface area contributed by atoms with E-state index in [2.05, 4.69) is 6.92 Å². The molecule has 0 aliphatic carbocycles. The van der Waals surface area contributed by atoms with Gasteiger partial charge in [0, 0.05) is 31.7 Å². The number of hydrogen-bond donors (Lipinski definition) is 0. The van der Waals surface area contributed by atoms with Gasteiger partial charge < -0.3 is 14.2 Å². The number of hydrogen-bond acceptors (Lipinski definition) is 3. The van der Waals surface area contributed by atoms with E-state index < -0.39 is 0 Å². The zero-order chi connectivity index (χ0) is 17.1. The molecule has 0 spiro atoms. The Morgan fingerprint density at radius 2 is 1.50 bits per heavy atom. The lowest BCUT2D eigenvalue weighted by atomic mass is 10.1. The van der Waals surface area contributed by atoms with Crippen molar-refractivity contribution in [3.63, 3.8) is 0 Å². The zero-order valence-corrected chi connectivity index (χ0v) is 14.1. The van der Waals surface area contributed by atoms with E-state index in [0.717, 1.165) is 12.2 Å². The minimum Gasteiger partial charge on any atom is -0.456 e. The van der Waals surface area contributed by atoms with E-state index in [1.165, 1.54) is 5.56 Å². The fourth-order valence-corrected chi connectivity index (χ4v) is 2.88. The number of amides is 2. The summed E-state index contributed by atoms with van der Waals surface area (Å²) in [5.74, 6) is 1.01. The number of rotatable bonds is 3. The van der Waals surface area contributed by atoms with Gasteiger partial charge >= 0.3 is 0 Å². The number of aryl methyl sites for hydroxylation is 2. The Balaban J connectivity index is 1.59. The van der Waals surface area contributed by atoms with Crippen molar-refractivity contribution in [3.8, 4) is 0 Å². The second-order valence-electron chi connectivity index (χ2n) is 6.05. The van der Waals surface area contributed by atoms with Gasteiger partial charge in [-0.15, -0.1) is 0 Å². The van der Waals surface area contributed by atoms with Crippen LogP contribution in [-0.4, -0.2) is 47.8 Å². The van der Waals surface area contributed by atoms with Crippen LogP contribution in [0.15, 0.2) is 40.8 Å². The van der Waals surface area contributed by atoms with Crippen molar-refractivity contribution in [2.45, 2.75) is 20.3 Å². The van der Waals surface area contributed by atoms with Crippen LogP contribution in [0.2, 0.25) is 0 Å². The van der Waals surface area contributed by atoms with Crippen LogP contribution >= 0.6 is 0 Å². The summed E-state index contributed by atoms with van der Waals surface area (Å²) in [6.45, 7) is 6.04. The summed E-state index contributed by atoms with van der Waals surface area (Å²) in [5, 5.41) is 0. The van der Waals surface area contributed by atoms with E-state index in [9.17, 15) is 9.59 Å². The molecule has 0 radical (unpaired) electrons. The average Bonchev–Trinajstić information content (AvgIpc) is 3.07. The number of nitrogens with zero attached hydrogens (tertiary/aromatic N) is 2. The molecule has 1 aliphatic heterocycles. The summed E-state index contributed by atoms with van der Waals surface area (Å²) in [5.41, 5.74) is 1.92. The molecule has 5 nitrogen and oxygen atoms in total. The zero-order valence-electron chi connectivity index (χ0n) is 14.1. The predicted molar refractivity (Wildman–Crippen MR) is 91.1 cm³/mol. The molecule has 3 rings (SSSR count). The molecule has 0 bridgehead atoms. The van der Waals surface area contributed by atoms with Crippen molar-refractivity contribution in [1.82, 2.24) is 9.80 Å². The van der Waals surface area contributed by atoms with E-state index in [0.29, 0.717) is 37.5 Å². The van der Waals surface area contributed by atoms with Crippen LogP contribution in [0.1, 0.15) is 39.2 Å². The summed E-state index contributed by atoms with van der Waals surface area (Å²) < 4.78 is 5.39. The Kier molecular flexibility index (Phi) is 4.69. The van der Waals surface area contributed by atoms with Crippen LogP contribution < -0.4 is 0 Å². The third kappa shape index (κ3) is 3.35. The van der Waals surface area contributed by atoms with Gasteiger partial charge in [-0.2, -0.15) is 0 Å². The first-order valence-electron chi connectivity index (χ1n) is 8.32. The van der Waals surface area contributed by atoms with Crippen LogP contribution in [0, 0.1) is 6.92 Å². The molecular weight excluding hydrogens is 304 g/mol. The molecule has 1 saturated heterocycles. The first kappa shape index (κ1) is 16.3. The van der Waals surface area contributed by atoms with Gasteiger partial charge in [-0.05, 0) is 43.2 Å². The van der Waals surface area contributed by atoms with E-state index in [-0.39, 0.29) is 11.8 Å². The molecule has 2 amide bonds. The highest BCUT2D eigenvalue weighted by atomic mass is 16.3. The molecule has 2 aromatic rings. The van der Waals surface area contributed by atoms with Gasteiger partial charge in [0.15, 0.2) is 5.76 Å². The quantitative estimate of drug-likeness (QED) is 0.871. The maximum atomic E-state index is 12.6. The molecule has 2 heterocycles. The molecule has 1 fully saturated rings. The fourth-order valence-electron chi connectivity index (χ4n) is 2.88. The lowest BCUT2D eigenvalue weighted by Gasteiger charge is -2.34. The SMILES string of the molecule is CCc1ccc(C(=O)N2CCN(C(=O)c3ccc(C)o3)CC2)cc1. The Morgan fingerprint density at radius 1 is 0.917 bits per heavy atom. The van der Waals surface area contributed by atoms with Crippen molar-refractivity contribution >= 4 is 11.8 Å². The fraction of sp³-hybridized carbons (Fsp3) is 0.368. The largest absolute Gasteiger partial charge is 0.456 e. The van der Waals surface area contributed by atoms with Crippen LogP contribution in [0.5, 0.6) is 0 Å². The van der Waals surface area contributed by atoms with Crippen LogP contribution in [0.25, 0.3) is 0 Å². The lowest BCUT2D eigenvalue weighted by Crippen LogP contribution is -2.50. The molecule has 0 atom stereocenters. The number of furan rings is 1. The molecule has 5 heteroatoms. The Bertz CT molecular complexity index is 725. The number of carbonyl (C=O) groups excluding carboxylic acids is 2. The molecule has 126 valence electrons. The van der Waals surface area contributed by atoms with Gasteiger partial charge in [0.2, 0.25) is 0 Å². The first-order chi connectivity index (χ1) is 11.6. The van der Waals surface area contributed by atoms with Gasteiger partial charge in [0.1, 0.15) is 5.76 Å².